The van der Waals surface area contributed by atoms with Gasteiger partial charge < -0.3 is 20.6 Å². The van der Waals surface area contributed by atoms with E-state index >= 15 is 0 Å². The number of nitrogens with zero attached hydrogens (tertiary/aromatic N) is 1. The molecule has 1 aromatic rings. The normalized spacial score (nSPS) is 14.1. The summed E-state index contributed by atoms with van der Waals surface area (Å²) in [5, 5.41) is 8.83. The first kappa shape index (κ1) is 23.4. The van der Waals surface area contributed by atoms with Crippen LogP contribution in [0.3, 0.4) is 0 Å². The highest BCUT2D eigenvalue weighted by Gasteiger charge is 2.27. The standard InChI is InChI=1S/C19H27N3O6/c1-12(7-18(26)15(20)9-14-10-21-11-22-14)17(25)8-13(4-5-19(27)28)16(24)3-2-6-23/h6,10-13,15H,2-5,7-9,20H2,1H3,(H,21,22)(H,27,28). The lowest BCUT2D eigenvalue weighted by Gasteiger charge is -2.18. The maximum absolute atomic E-state index is 12.5. The molecule has 1 aromatic heterocycles. The summed E-state index contributed by atoms with van der Waals surface area (Å²) >= 11 is 0. The lowest BCUT2D eigenvalue weighted by molar-refractivity contribution is -0.138. The summed E-state index contributed by atoms with van der Waals surface area (Å²) in [6.07, 6.45) is 3.54. The smallest absolute Gasteiger partial charge is 0.303 e. The van der Waals surface area contributed by atoms with Crippen molar-refractivity contribution in [2.24, 2.45) is 17.6 Å². The number of carbonyl (C=O) groups is 5. The van der Waals surface area contributed by atoms with Crippen LogP contribution in [0, 0.1) is 11.8 Å². The highest BCUT2D eigenvalue weighted by Crippen LogP contribution is 2.20. The largest absolute Gasteiger partial charge is 0.481 e. The van der Waals surface area contributed by atoms with Gasteiger partial charge in [-0.3, -0.25) is 19.2 Å². The molecule has 3 atom stereocenters. The molecule has 0 spiro atoms. The summed E-state index contributed by atoms with van der Waals surface area (Å²) in [6, 6.07) is -0.771. The van der Waals surface area contributed by atoms with Gasteiger partial charge in [0, 0.05) is 62.3 Å². The van der Waals surface area contributed by atoms with Gasteiger partial charge in [-0.15, -0.1) is 0 Å². The molecule has 3 unspecified atom stereocenters. The van der Waals surface area contributed by atoms with Crippen LogP contribution in [0.15, 0.2) is 12.5 Å². The highest BCUT2D eigenvalue weighted by molar-refractivity contribution is 5.93. The number of carboxylic acids is 1. The molecule has 9 nitrogen and oxygen atoms in total. The fourth-order valence-corrected chi connectivity index (χ4v) is 2.84. The molecule has 0 aromatic carbocycles. The van der Waals surface area contributed by atoms with E-state index in [0.29, 0.717) is 12.0 Å². The summed E-state index contributed by atoms with van der Waals surface area (Å²) in [5.74, 6) is -3.34. The predicted octanol–water partition coefficient (Wildman–Crippen LogP) is 0.863. The van der Waals surface area contributed by atoms with Gasteiger partial charge >= 0.3 is 5.97 Å². The Morgan fingerprint density at radius 1 is 1.18 bits per heavy atom. The minimum absolute atomic E-state index is 0.0244. The van der Waals surface area contributed by atoms with Crippen LogP contribution in [0.5, 0.6) is 0 Å². The van der Waals surface area contributed by atoms with E-state index in [1.54, 1.807) is 13.1 Å². The number of H-pyrrole nitrogens is 1. The number of nitrogens with two attached hydrogens (primary N) is 1. The Kier molecular flexibility index (Phi) is 9.94. The maximum Gasteiger partial charge on any atom is 0.303 e. The number of aldehydes is 1. The number of ketones is 3. The van der Waals surface area contributed by atoms with Crippen LogP contribution in [-0.4, -0.2) is 50.7 Å². The van der Waals surface area contributed by atoms with E-state index in [4.69, 9.17) is 10.8 Å². The molecule has 0 fully saturated rings. The van der Waals surface area contributed by atoms with E-state index in [-0.39, 0.29) is 62.3 Å². The number of hydrogen-bond acceptors (Lipinski definition) is 7. The van der Waals surface area contributed by atoms with Gasteiger partial charge in [0.25, 0.3) is 0 Å². The number of rotatable bonds is 15. The molecule has 0 radical (unpaired) electrons. The molecule has 154 valence electrons. The van der Waals surface area contributed by atoms with Crippen molar-refractivity contribution in [3.63, 3.8) is 0 Å². The number of carboxylic acid groups (broad SMARTS) is 1. The summed E-state index contributed by atoms with van der Waals surface area (Å²) < 4.78 is 0. The average Bonchev–Trinajstić information content (AvgIpc) is 3.15. The van der Waals surface area contributed by atoms with Crippen molar-refractivity contribution in [3.05, 3.63) is 18.2 Å². The molecule has 0 amide bonds. The van der Waals surface area contributed by atoms with Crippen molar-refractivity contribution in [1.82, 2.24) is 9.97 Å². The number of carbonyl (C=O) groups excluding carboxylic acids is 4. The average molecular weight is 393 g/mol. The molecule has 4 N–H and O–H groups in total. The second kappa shape index (κ2) is 11.9. The van der Waals surface area contributed by atoms with Crippen LogP contribution < -0.4 is 5.73 Å². The predicted molar refractivity (Wildman–Crippen MR) is 99.3 cm³/mol. The maximum atomic E-state index is 12.5. The highest BCUT2D eigenvalue weighted by atomic mass is 16.4. The van der Waals surface area contributed by atoms with E-state index in [1.165, 1.54) is 6.33 Å². The molecule has 0 aliphatic rings. The Morgan fingerprint density at radius 2 is 1.89 bits per heavy atom. The lowest BCUT2D eigenvalue weighted by Crippen LogP contribution is -2.35. The van der Waals surface area contributed by atoms with Gasteiger partial charge in [0.15, 0.2) is 5.78 Å². The Hall–Kier alpha value is -2.68. The van der Waals surface area contributed by atoms with Crippen molar-refractivity contribution < 1.29 is 29.1 Å². The molecule has 9 heteroatoms. The lowest BCUT2D eigenvalue weighted by atomic mass is 9.85. The first-order valence-electron chi connectivity index (χ1n) is 9.21. The monoisotopic (exact) mass is 393 g/mol. The SMILES string of the molecule is CC(CC(=O)C(N)Cc1cnc[nH]1)C(=O)CC(CCC(=O)O)C(=O)CCC=O. The molecular weight excluding hydrogens is 366 g/mol. The number of aromatic amines is 1. The van der Waals surface area contributed by atoms with Gasteiger partial charge in [0.2, 0.25) is 0 Å². The van der Waals surface area contributed by atoms with E-state index in [2.05, 4.69) is 9.97 Å². The van der Waals surface area contributed by atoms with Gasteiger partial charge in [-0.05, 0) is 6.42 Å². The van der Waals surface area contributed by atoms with Crippen LogP contribution in [0.25, 0.3) is 0 Å². The van der Waals surface area contributed by atoms with Crippen molar-refractivity contribution in [3.8, 4) is 0 Å². The number of aliphatic carboxylic acids is 1. The summed E-state index contributed by atoms with van der Waals surface area (Å²) in [7, 11) is 0. The summed E-state index contributed by atoms with van der Waals surface area (Å²) in [4.78, 5) is 64.9. The number of nitrogens with one attached hydrogen (secondary N) is 1. The van der Waals surface area contributed by atoms with Crippen LogP contribution in [0.2, 0.25) is 0 Å². The molecule has 0 saturated heterocycles. The summed E-state index contributed by atoms with van der Waals surface area (Å²) in [5.41, 5.74) is 6.60. The van der Waals surface area contributed by atoms with Crippen LogP contribution in [0.4, 0.5) is 0 Å². The molecule has 0 bridgehead atoms. The van der Waals surface area contributed by atoms with Gasteiger partial charge in [0.05, 0.1) is 12.4 Å². The van der Waals surface area contributed by atoms with Crippen molar-refractivity contribution in [2.45, 2.75) is 57.9 Å². The van der Waals surface area contributed by atoms with Crippen LogP contribution >= 0.6 is 0 Å². The zero-order valence-electron chi connectivity index (χ0n) is 15.9. The molecule has 1 heterocycles. The Balaban J connectivity index is 2.61. The Bertz CT molecular complexity index is 686. The van der Waals surface area contributed by atoms with Crippen molar-refractivity contribution in [2.75, 3.05) is 0 Å². The zero-order valence-corrected chi connectivity index (χ0v) is 15.9. The first-order chi connectivity index (χ1) is 13.2. The van der Waals surface area contributed by atoms with E-state index < -0.39 is 23.8 Å². The molecule has 0 aliphatic carbocycles. The van der Waals surface area contributed by atoms with Gasteiger partial charge in [0.1, 0.15) is 17.9 Å². The Labute approximate surface area is 163 Å². The number of imidazole rings is 1. The topological polar surface area (TPSA) is 160 Å². The molecule has 0 saturated carbocycles. The van der Waals surface area contributed by atoms with Gasteiger partial charge in [-0.25, -0.2) is 4.98 Å². The molecule has 0 aliphatic heterocycles. The van der Waals surface area contributed by atoms with Crippen molar-refractivity contribution in [1.29, 1.82) is 0 Å². The zero-order chi connectivity index (χ0) is 21.1. The summed E-state index contributed by atoms with van der Waals surface area (Å²) in [6.45, 7) is 1.59. The second-order valence-electron chi connectivity index (χ2n) is 6.93. The third kappa shape index (κ3) is 8.34. The van der Waals surface area contributed by atoms with Crippen LogP contribution in [-0.2, 0) is 30.4 Å². The van der Waals surface area contributed by atoms with Crippen molar-refractivity contribution >= 4 is 29.6 Å². The minimum atomic E-state index is -1.06. The molecule has 1 rings (SSSR count). The Morgan fingerprint density at radius 3 is 2.46 bits per heavy atom. The first-order valence-corrected chi connectivity index (χ1v) is 9.21. The minimum Gasteiger partial charge on any atom is -0.481 e. The number of hydrogen-bond donors (Lipinski definition) is 3. The van der Waals surface area contributed by atoms with E-state index in [0.717, 1.165) is 0 Å². The van der Waals surface area contributed by atoms with E-state index in [9.17, 15) is 24.0 Å². The van der Waals surface area contributed by atoms with E-state index in [1.807, 2.05) is 0 Å². The molecular formula is C19H27N3O6. The number of Topliss-reactive ketones (excluding diaryl/α,β-unsaturated/α-hetero) is 3. The fraction of sp³-hybridized carbons (Fsp3) is 0.579. The van der Waals surface area contributed by atoms with Crippen LogP contribution in [0.1, 0.15) is 51.1 Å². The molecule has 28 heavy (non-hydrogen) atoms. The third-order valence-corrected chi connectivity index (χ3v) is 4.58. The third-order valence-electron chi connectivity index (χ3n) is 4.58. The quantitative estimate of drug-likeness (QED) is 0.370. The number of aromatic nitrogens is 2. The van der Waals surface area contributed by atoms with Gasteiger partial charge in [-0.1, -0.05) is 6.92 Å². The van der Waals surface area contributed by atoms with Gasteiger partial charge in [-0.2, -0.15) is 0 Å². The fourth-order valence-electron chi connectivity index (χ4n) is 2.84. The second-order valence-corrected chi connectivity index (χ2v) is 6.93.